The van der Waals surface area contributed by atoms with E-state index >= 15 is 0 Å². The van der Waals surface area contributed by atoms with Crippen LogP contribution in [0.5, 0.6) is 5.75 Å². The smallest absolute Gasteiger partial charge is 0.257 e. The molecule has 0 aliphatic carbocycles. The minimum absolute atomic E-state index is 0.00777. The molecule has 9 nitrogen and oxygen atoms in total. The van der Waals surface area contributed by atoms with Crippen LogP contribution >= 0.6 is 11.6 Å². The fraction of sp³-hybridized carbons (Fsp3) is 0.519. The van der Waals surface area contributed by atoms with E-state index in [9.17, 15) is 4.79 Å². The van der Waals surface area contributed by atoms with Gasteiger partial charge in [-0.1, -0.05) is 11.6 Å². The van der Waals surface area contributed by atoms with Gasteiger partial charge in [0.1, 0.15) is 17.1 Å². The Bertz CT molecular complexity index is 1190. The Morgan fingerprint density at radius 1 is 1.19 bits per heavy atom. The zero-order chi connectivity index (χ0) is 25.6. The van der Waals surface area contributed by atoms with E-state index in [-0.39, 0.29) is 12.5 Å². The van der Waals surface area contributed by atoms with Gasteiger partial charge in [-0.3, -0.25) is 4.79 Å². The first kappa shape index (κ1) is 25.8. The third-order valence-corrected chi connectivity index (χ3v) is 7.53. The van der Waals surface area contributed by atoms with Crippen molar-refractivity contribution in [1.82, 2.24) is 25.2 Å². The second-order valence-electron chi connectivity index (χ2n) is 9.99. The molecule has 1 aromatic carbocycles. The first-order chi connectivity index (χ1) is 18.0. The number of nitrogens with one attached hydrogen (secondary N) is 3. The number of aromatic amines is 1. The van der Waals surface area contributed by atoms with Gasteiger partial charge in [-0.2, -0.15) is 0 Å². The third kappa shape index (κ3) is 6.71. The molecule has 2 fully saturated rings. The molecule has 4 heterocycles. The highest BCUT2D eigenvalue weighted by atomic mass is 35.5. The van der Waals surface area contributed by atoms with Crippen LogP contribution in [0.25, 0.3) is 22.6 Å². The number of benzene rings is 1. The zero-order valence-corrected chi connectivity index (χ0v) is 22.0. The molecule has 0 atom stereocenters. The summed E-state index contributed by atoms with van der Waals surface area (Å²) in [7, 11) is 2.15. The number of fused-ring (bicyclic) bond motifs is 1. The van der Waals surface area contributed by atoms with E-state index in [2.05, 4.69) is 32.5 Å². The summed E-state index contributed by atoms with van der Waals surface area (Å²) in [6, 6.07) is 7.88. The zero-order valence-electron chi connectivity index (χ0n) is 21.3. The molecule has 2 aliphatic rings. The van der Waals surface area contributed by atoms with Crippen LogP contribution in [-0.4, -0.2) is 78.3 Å². The number of ether oxygens (including phenoxy) is 2. The van der Waals surface area contributed by atoms with Crippen molar-refractivity contribution in [3.63, 3.8) is 0 Å². The lowest BCUT2D eigenvalue weighted by atomic mass is 9.97. The quantitative estimate of drug-likeness (QED) is 0.385. The van der Waals surface area contributed by atoms with Gasteiger partial charge in [0.2, 0.25) is 0 Å². The number of likely N-dealkylation sites (tertiary alicyclic amines) is 1. The van der Waals surface area contributed by atoms with Crippen LogP contribution < -0.4 is 15.4 Å². The maximum Gasteiger partial charge on any atom is 0.257 e. The van der Waals surface area contributed by atoms with Crippen LogP contribution in [0, 0.1) is 5.92 Å². The first-order valence-electron chi connectivity index (χ1n) is 13.1. The Morgan fingerprint density at radius 3 is 2.70 bits per heavy atom. The summed E-state index contributed by atoms with van der Waals surface area (Å²) in [5, 5.41) is 7.12. The highest BCUT2D eigenvalue weighted by Crippen LogP contribution is 2.32. The van der Waals surface area contributed by atoms with Crippen LogP contribution in [0.2, 0.25) is 5.02 Å². The predicted octanol–water partition coefficient (Wildman–Crippen LogP) is 4.10. The molecule has 0 bridgehead atoms. The summed E-state index contributed by atoms with van der Waals surface area (Å²) in [5.41, 5.74) is 3.14. The lowest BCUT2D eigenvalue weighted by Crippen LogP contribution is -2.36. The fourth-order valence-corrected chi connectivity index (χ4v) is 5.11. The van der Waals surface area contributed by atoms with Crippen molar-refractivity contribution in [2.24, 2.45) is 5.92 Å². The normalized spacial score (nSPS) is 17.7. The molecule has 2 aromatic heterocycles. The van der Waals surface area contributed by atoms with Gasteiger partial charge in [0, 0.05) is 31.4 Å². The Hall–Kier alpha value is -2.88. The lowest BCUT2D eigenvalue weighted by molar-refractivity contribution is -0.123. The number of pyridine rings is 1. The molecule has 1 amide bonds. The number of hydrogen-bond donors (Lipinski definition) is 3. The molecule has 198 valence electrons. The van der Waals surface area contributed by atoms with Crippen LogP contribution in [0.3, 0.4) is 0 Å². The number of imidazole rings is 1. The van der Waals surface area contributed by atoms with Gasteiger partial charge in [-0.25, -0.2) is 9.97 Å². The van der Waals surface area contributed by atoms with Crippen molar-refractivity contribution in [2.45, 2.75) is 38.1 Å². The molecule has 3 aromatic rings. The Balaban J connectivity index is 1.17. The largest absolute Gasteiger partial charge is 0.484 e. The van der Waals surface area contributed by atoms with Gasteiger partial charge in [-0.05, 0) is 82.4 Å². The Kier molecular flexibility index (Phi) is 8.43. The molecule has 5 rings (SSSR count). The van der Waals surface area contributed by atoms with Gasteiger partial charge >= 0.3 is 0 Å². The van der Waals surface area contributed by atoms with Crippen LogP contribution in [0.1, 0.15) is 32.1 Å². The highest BCUT2D eigenvalue weighted by molar-refractivity contribution is 6.34. The Morgan fingerprint density at radius 2 is 1.95 bits per heavy atom. The number of halogens is 1. The lowest BCUT2D eigenvalue weighted by Gasteiger charge is -2.30. The second-order valence-corrected chi connectivity index (χ2v) is 10.4. The minimum atomic E-state index is -0.110. The molecule has 2 saturated heterocycles. The average Bonchev–Trinajstić information content (AvgIpc) is 3.36. The fourth-order valence-electron chi connectivity index (χ4n) is 4.92. The SMILES string of the molecule is CN1CCC(Nc2c(Cl)cnc3[nH]c(-c4ccc(OCC(=O)NCCC5CCOCC5)cc4)nc23)CC1. The predicted molar refractivity (Wildman–Crippen MR) is 145 cm³/mol. The van der Waals surface area contributed by atoms with Gasteiger partial charge in [0.25, 0.3) is 5.91 Å². The van der Waals surface area contributed by atoms with Crippen molar-refractivity contribution in [3.05, 3.63) is 35.5 Å². The molecule has 2 aliphatic heterocycles. The maximum atomic E-state index is 12.2. The van der Waals surface area contributed by atoms with Crippen molar-refractivity contribution in [2.75, 3.05) is 51.8 Å². The van der Waals surface area contributed by atoms with Crippen molar-refractivity contribution >= 4 is 34.4 Å². The van der Waals surface area contributed by atoms with Gasteiger partial charge < -0.3 is 30.0 Å². The number of nitrogens with zero attached hydrogens (tertiary/aromatic N) is 3. The standard InChI is InChI=1S/C27H35ClN6O3/c1-34-12-7-20(8-13-34)31-24-22(28)16-30-27-25(24)32-26(33-27)19-2-4-21(5-3-19)37-17-23(35)29-11-6-18-9-14-36-15-10-18/h2-5,16,18,20H,6-15,17H2,1H3,(H,29,35)(H2,30,31,32,33). The number of H-pyrrole nitrogens is 1. The van der Waals surface area contributed by atoms with Gasteiger partial charge in [0.15, 0.2) is 12.3 Å². The van der Waals surface area contributed by atoms with Gasteiger partial charge in [-0.15, -0.1) is 0 Å². The number of carbonyl (C=O) groups is 1. The van der Waals surface area contributed by atoms with Gasteiger partial charge in [0.05, 0.1) is 16.9 Å². The number of carbonyl (C=O) groups excluding carboxylic acids is 1. The first-order valence-corrected chi connectivity index (χ1v) is 13.5. The number of amides is 1. The number of rotatable bonds is 9. The van der Waals surface area contributed by atoms with Crippen LogP contribution in [-0.2, 0) is 9.53 Å². The molecule has 3 N–H and O–H groups in total. The van der Waals surface area contributed by atoms with E-state index in [1.165, 1.54) is 0 Å². The number of piperidine rings is 1. The van der Waals surface area contributed by atoms with Crippen molar-refractivity contribution < 1.29 is 14.3 Å². The maximum absolute atomic E-state index is 12.2. The van der Waals surface area contributed by atoms with Crippen molar-refractivity contribution in [1.29, 1.82) is 0 Å². The molecule has 0 saturated carbocycles. The van der Waals surface area contributed by atoms with E-state index in [0.717, 1.165) is 75.2 Å². The summed E-state index contributed by atoms with van der Waals surface area (Å²) >= 11 is 6.52. The summed E-state index contributed by atoms with van der Waals surface area (Å²) < 4.78 is 11.1. The molecular weight excluding hydrogens is 492 g/mol. The van der Waals surface area contributed by atoms with Crippen molar-refractivity contribution in [3.8, 4) is 17.1 Å². The summed E-state index contributed by atoms with van der Waals surface area (Å²) in [6.07, 6.45) is 6.91. The number of anilines is 1. The van der Waals surface area contributed by atoms with E-state index in [1.54, 1.807) is 6.20 Å². The second kappa shape index (κ2) is 12.1. The van der Waals surface area contributed by atoms with E-state index in [1.807, 2.05) is 24.3 Å². The molecular formula is C27H35ClN6O3. The number of aromatic nitrogens is 3. The molecule has 0 radical (unpaired) electrons. The Labute approximate surface area is 222 Å². The summed E-state index contributed by atoms with van der Waals surface area (Å²) in [4.78, 5) is 27.1. The monoisotopic (exact) mass is 526 g/mol. The summed E-state index contributed by atoms with van der Waals surface area (Å²) in [5.74, 6) is 1.85. The van der Waals surface area contributed by atoms with Crippen LogP contribution in [0.4, 0.5) is 5.69 Å². The van der Waals surface area contributed by atoms with Crippen LogP contribution in [0.15, 0.2) is 30.5 Å². The van der Waals surface area contributed by atoms with E-state index in [0.29, 0.717) is 40.7 Å². The topological polar surface area (TPSA) is 104 Å². The van der Waals surface area contributed by atoms with E-state index < -0.39 is 0 Å². The summed E-state index contributed by atoms with van der Waals surface area (Å²) in [6.45, 7) is 4.43. The number of hydrogen-bond acceptors (Lipinski definition) is 7. The third-order valence-electron chi connectivity index (χ3n) is 7.25. The molecule has 37 heavy (non-hydrogen) atoms. The molecule has 10 heteroatoms. The minimum Gasteiger partial charge on any atom is -0.484 e. The average molecular weight is 527 g/mol. The van der Waals surface area contributed by atoms with E-state index in [4.69, 9.17) is 26.1 Å². The molecule has 0 spiro atoms. The molecule has 0 unspecified atom stereocenters. The highest BCUT2D eigenvalue weighted by Gasteiger charge is 2.20.